The molecule has 0 aliphatic rings. The smallest absolute Gasteiger partial charge is 0.239 e. The van der Waals surface area contributed by atoms with Crippen LogP contribution in [0.2, 0.25) is 0 Å². The van der Waals surface area contributed by atoms with Crippen molar-refractivity contribution in [1.82, 2.24) is 5.32 Å². The summed E-state index contributed by atoms with van der Waals surface area (Å²) in [5.74, 6) is 0.826. The minimum atomic E-state index is -0.0137. The summed E-state index contributed by atoms with van der Waals surface area (Å²) < 4.78 is 5.13. The van der Waals surface area contributed by atoms with Crippen molar-refractivity contribution in [2.75, 3.05) is 44.5 Å². The molecule has 0 aliphatic carbocycles. The highest BCUT2D eigenvalue weighted by Crippen LogP contribution is 2.15. The lowest BCUT2D eigenvalue weighted by Crippen LogP contribution is -2.31. The van der Waals surface area contributed by atoms with Gasteiger partial charge in [-0.05, 0) is 48.4 Å². The molecule has 128 valence electrons. The van der Waals surface area contributed by atoms with E-state index in [0.29, 0.717) is 6.54 Å². The Morgan fingerprint density at radius 2 is 1.71 bits per heavy atom. The van der Waals surface area contributed by atoms with Gasteiger partial charge in [-0.25, -0.2) is 0 Å². The molecule has 2 rings (SSSR count). The molecule has 0 radical (unpaired) electrons. The minimum absolute atomic E-state index is 0.0137. The highest BCUT2D eigenvalue weighted by atomic mass is 16.5. The molecule has 0 heterocycles. The van der Waals surface area contributed by atoms with Gasteiger partial charge in [-0.2, -0.15) is 0 Å². The van der Waals surface area contributed by atoms with Crippen LogP contribution in [0.3, 0.4) is 0 Å². The van der Waals surface area contributed by atoms with E-state index >= 15 is 0 Å². The zero-order valence-corrected chi connectivity index (χ0v) is 14.5. The second kappa shape index (κ2) is 8.82. The quantitative estimate of drug-likeness (QED) is 0.782. The van der Waals surface area contributed by atoms with Gasteiger partial charge in [0.25, 0.3) is 0 Å². The first-order valence-electron chi connectivity index (χ1n) is 7.99. The number of nitrogens with one attached hydrogen (secondary N) is 2. The molecule has 0 spiro atoms. The topological polar surface area (TPSA) is 53.6 Å². The van der Waals surface area contributed by atoms with Crippen LogP contribution in [0.15, 0.2) is 48.5 Å². The van der Waals surface area contributed by atoms with Gasteiger partial charge in [0.05, 0.1) is 13.7 Å². The predicted octanol–water partition coefficient (Wildman–Crippen LogP) is 2.53. The molecule has 0 aliphatic heterocycles. The summed E-state index contributed by atoms with van der Waals surface area (Å²) in [6.07, 6.45) is 0.799. The Balaban J connectivity index is 1.69. The molecule has 0 unspecified atom stereocenters. The number of rotatable bonds is 8. The fourth-order valence-corrected chi connectivity index (χ4v) is 2.26. The lowest BCUT2D eigenvalue weighted by Gasteiger charge is -2.13. The summed E-state index contributed by atoms with van der Waals surface area (Å²) in [5.41, 5.74) is 3.23. The number of benzene rings is 2. The third-order valence-corrected chi connectivity index (χ3v) is 3.73. The van der Waals surface area contributed by atoms with Gasteiger partial charge < -0.3 is 20.3 Å². The molecule has 0 fully saturated rings. The molecule has 0 aromatic heterocycles. The van der Waals surface area contributed by atoms with E-state index in [0.717, 1.165) is 23.5 Å². The molecular formula is C19H25N3O2. The number of nitrogens with zero attached hydrogens (tertiary/aromatic N) is 1. The summed E-state index contributed by atoms with van der Waals surface area (Å²) in [5, 5.41) is 6.05. The average molecular weight is 327 g/mol. The molecule has 0 saturated heterocycles. The Morgan fingerprint density at radius 1 is 1.04 bits per heavy atom. The Morgan fingerprint density at radius 3 is 2.29 bits per heavy atom. The Labute approximate surface area is 143 Å². The monoisotopic (exact) mass is 327 g/mol. The van der Waals surface area contributed by atoms with E-state index in [4.69, 9.17) is 4.74 Å². The minimum Gasteiger partial charge on any atom is -0.497 e. The SMILES string of the molecule is COc1ccc(CCNC(=O)CNc2ccc(N(C)C)cc2)cc1. The van der Waals surface area contributed by atoms with Gasteiger partial charge in [0.2, 0.25) is 5.91 Å². The van der Waals surface area contributed by atoms with Crippen molar-refractivity contribution >= 4 is 17.3 Å². The van der Waals surface area contributed by atoms with Crippen molar-refractivity contribution in [1.29, 1.82) is 0 Å². The molecule has 2 aromatic carbocycles. The van der Waals surface area contributed by atoms with Crippen LogP contribution in [-0.2, 0) is 11.2 Å². The molecular weight excluding hydrogens is 302 g/mol. The average Bonchev–Trinajstić information content (AvgIpc) is 2.61. The highest BCUT2D eigenvalue weighted by Gasteiger charge is 2.02. The van der Waals surface area contributed by atoms with E-state index in [1.54, 1.807) is 7.11 Å². The normalized spacial score (nSPS) is 10.1. The van der Waals surface area contributed by atoms with Crippen molar-refractivity contribution in [2.24, 2.45) is 0 Å². The van der Waals surface area contributed by atoms with E-state index in [9.17, 15) is 4.79 Å². The third-order valence-electron chi connectivity index (χ3n) is 3.73. The van der Waals surface area contributed by atoms with Gasteiger partial charge in [-0.15, -0.1) is 0 Å². The fourth-order valence-electron chi connectivity index (χ4n) is 2.26. The first kappa shape index (κ1) is 17.7. The summed E-state index contributed by atoms with van der Waals surface area (Å²) in [7, 11) is 5.65. The van der Waals surface area contributed by atoms with Crippen LogP contribution in [0.4, 0.5) is 11.4 Å². The maximum atomic E-state index is 11.9. The summed E-state index contributed by atoms with van der Waals surface area (Å²) >= 11 is 0. The summed E-state index contributed by atoms with van der Waals surface area (Å²) in [6, 6.07) is 15.9. The molecule has 2 N–H and O–H groups in total. The molecule has 5 heteroatoms. The number of anilines is 2. The third kappa shape index (κ3) is 5.50. The molecule has 5 nitrogen and oxygen atoms in total. The molecule has 0 saturated carbocycles. The zero-order valence-electron chi connectivity index (χ0n) is 14.5. The lowest BCUT2D eigenvalue weighted by molar-refractivity contribution is -0.119. The number of carbonyl (C=O) groups excluding carboxylic acids is 1. The van der Waals surface area contributed by atoms with Gasteiger partial charge in [0, 0.05) is 32.0 Å². The first-order chi connectivity index (χ1) is 11.6. The van der Waals surface area contributed by atoms with Crippen LogP contribution in [0, 0.1) is 0 Å². The maximum absolute atomic E-state index is 11.9. The Bertz CT molecular complexity index is 637. The standard InChI is InChI=1S/C19H25N3O2/c1-22(2)17-8-6-16(7-9-17)21-14-19(23)20-13-12-15-4-10-18(24-3)11-5-15/h4-11,21H,12-14H2,1-3H3,(H,20,23). The number of hydrogen-bond acceptors (Lipinski definition) is 4. The largest absolute Gasteiger partial charge is 0.497 e. The van der Waals surface area contributed by atoms with Crippen molar-refractivity contribution in [3.8, 4) is 5.75 Å². The molecule has 1 amide bonds. The Kier molecular flexibility index (Phi) is 6.49. The van der Waals surface area contributed by atoms with E-state index < -0.39 is 0 Å². The van der Waals surface area contributed by atoms with E-state index in [1.165, 1.54) is 5.56 Å². The van der Waals surface area contributed by atoms with Gasteiger partial charge in [0.15, 0.2) is 0 Å². The summed E-state index contributed by atoms with van der Waals surface area (Å²) in [4.78, 5) is 13.9. The first-order valence-corrected chi connectivity index (χ1v) is 7.99. The number of hydrogen-bond donors (Lipinski definition) is 2. The molecule has 0 bridgehead atoms. The summed E-state index contributed by atoms with van der Waals surface area (Å²) in [6.45, 7) is 0.885. The molecule has 0 atom stereocenters. The van der Waals surface area contributed by atoms with Crippen molar-refractivity contribution in [3.63, 3.8) is 0 Å². The van der Waals surface area contributed by atoms with Crippen LogP contribution >= 0.6 is 0 Å². The second-order valence-corrected chi connectivity index (χ2v) is 5.74. The molecule has 2 aromatic rings. The number of amides is 1. The zero-order chi connectivity index (χ0) is 17.4. The van der Waals surface area contributed by atoms with Crippen LogP contribution in [-0.4, -0.2) is 40.2 Å². The fraction of sp³-hybridized carbons (Fsp3) is 0.316. The van der Waals surface area contributed by atoms with Gasteiger partial charge in [-0.3, -0.25) is 4.79 Å². The van der Waals surface area contributed by atoms with Gasteiger partial charge >= 0.3 is 0 Å². The Hall–Kier alpha value is -2.69. The van der Waals surface area contributed by atoms with Crippen LogP contribution in [0.5, 0.6) is 5.75 Å². The second-order valence-electron chi connectivity index (χ2n) is 5.74. The highest BCUT2D eigenvalue weighted by molar-refractivity contribution is 5.80. The van der Waals surface area contributed by atoms with Crippen LogP contribution in [0.1, 0.15) is 5.56 Å². The molecule has 24 heavy (non-hydrogen) atoms. The van der Waals surface area contributed by atoms with Gasteiger partial charge in [0.1, 0.15) is 5.75 Å². The van der Waals surface area contributed by atoms with Crippen LogP contribution < -0.4 is 20.3 Å². The van der Waals surface area contributed by atoms with Crippen LogP contribution in [0.25, 0.3) is 0 Å². The van der Waals surface area contributed by atoms with Crippen molar-refractivity contribution in [3.05, 3.63) is 54.1 Å². The van der Waals surface area contributed by atoms with E-state index in [-0.39, 0.29) is 12.5 Å². The maximum Gasteiger partial charge on any atom is 0.239 e. The number of methoxy groups -OCH3 is 1. The van der Waals surface area contributed by atoms with E-state index in [2.05, 4.69) is 10.6 Å². The number of carbonyl (C=O) groups is 1. The predicted molar refractivity (Wildman–Crippen MR) is 99.0 cm³/mol. The van der Waals surface area contributed by atoms with Crippen molar-refractivity contribution in [2.45, 2.75) is 6.42 Å². The van der Waals surface area contributed by atoms with E-state index in [1.807, 2.05) is 67.5 Å². The number of ether oxygens (including phenoxy) is 1. The lowest BCUT2D eigenvalue weighted by atomic mass is 10.1. The van der Waals surface area contributed by atoms with Crippen molar-refractivity contribution < 1.29 is 9.53 Å². The van der Waals surface area contributed by atoms with Gasteiger partial charge in [-0.1, -0.05) is 12.1 Å².